The zero-order chi connectivity index (χ0) is 20.4. The van der Waals surface area contributed by atoms with E-state index in [2.05, 4.69) is 22.9 Å². The Kier molecular flexibility index (Phi) is 5.53. The van der Waals surface area contributed by atoms with Crippen LogP contribution in [0.1, 0.15) is 21.6 Å². The number of para-hydroxylation sites is 2. The van der Waals surface area contributed by atoms with E-state index in [-0.39, 0.29) is 12.0 Å². The molecule has 3 aromatic rings. The molecular weight excluding hydrogens is 382 g/mol. The second kappa shape index (κ2) is 8.25. The third kappa shape index (κ3) is 3.98. The fourth-order valence-corrected chi connectivity index (χ4v) is 4.63. The van der Waals surface area contributed by atoms with Crippen molar-refractivity contribution in [1.82, 2.24) is 9.88 Å². The van der Waals surface area contributed by atoms with Crippen LogP contribution in [0.15, 0.2) is 54.6 Å². The summed E-state index contributed by atoms with van der Waals surface area (Å²) in [5.74, 6) is 0.866. The predicted molar refractivity (Wildman–Crippen MR) is 118 cm³/mol. The quantitative estimate of drug-likeness (QED) is 0.626. The van der Waals surface area contributed by atoms with Crippen LogP contribution in [0.3, 0.4) is 0 Å². The molecule has 1 aliphatic rings. The number of anilines is 1. The predicted octanol–water partition coefficient (Wildman–Crippen LogP) is 4.48. The molecule has 5 nitrogen and oxygen atoms in total. The van der Waals surface area contributed by atoms with Crippen LogP contribution in [-0.4, -0.2) is 48.6 Å². The third-order valence-corrected chi connectivity index (χ3v) is 6.06. The van der Waals surface area contributed by atoms with Gasteiger partial charge in [0, 0.05) is 19.2 Å². The monoisotopic (exact) mass is 407 g/mol. The minimum absolute atomic E-state index is 0.0139. The average Bonchev–Trinajstić information content (AvgIpc) is 3.14. The van der Waals surface area contributed by atoms with Gasteiger partial charge in [0.25, 0.3) is 5.91 Å². The molecule has 1 amide bonds. The van der Waals surface area contributed by atoms with Gasteiger partial charge in [-0.25, -0.2) is 4.98 Å². The average molecular weight is 408 g/mol. The van der Waals surface area contributed by atoms with Crippen molar-refractivity contribution < 1.29 is 9.53 Å². The first kappa shape index (κ1) is 19.5. The van der Waals surface area contributed by atoms with Crippen LogP contribution < -0.4 is 9.64 Å². The smallest absolute Gasteiger partial charge is 0.266 e. The summed E-state index contributed by atoms with van der Waals surface area (Å²) in [6, 6.07) is 18.0. The highest BCUT2D eigenvalue weighted by Crippen LogP contribution is 2.33. The molecule has 2 heterocycles. The first-order valence-electron chi connectivity index (χ1n) is 9.85. The molecule has 0 saturated heterocycles. The number of thiazole rings is 1. The second-order valence-electron chi connectivity index (χ2n) is 7.21. The lowest BCUT2D eigenvalue weighted by atomic mass is 10.1. The number of carbonyl (C=O) groups excluding carboxylic acids is 1. The van der Waals surface area contributed by atoms with Gasteiger partial charge in [-0.1, -0.05) is 42.5 Å². The minimum atomic E-state index is -0.0759. The number of likely N-dealkylation sites (N-methyl/N-ethyl adjacent to an activating group) is 2. The van der Waals surface area contributed by atoms with Gasteiger partial charge in [-0.2, -0.15) is 0 Å². The van der Waals surface area contributed by atoms with Gasteiger partial charge in [0.1, 0.15) is 16.7 Å². The standard InChI is InChI=1S/C23H25N3O2S/c1-4-26-15-18(28-20-13-9-8-12-19(20)26)14-25(3)23(27)22-21(24-16(2)29-22)17-10-6-5-7-11-17/h5-13,18H,4,14-15H2,1-3H3. The SMILES string of the molecule is CCN1CC(CN(C)C(=O)c2sc(C)nc2-c2ccccc2)Oc2ccccc21. The van der Waals surface area contributed by atoms with E-state index in [4.69, 9.17) is 4.74 Å². The van der Waals surface area contributed by atoms with Gasteiger partial charge in [-0.05, 0) is 26.0 Å². The molecule has 0 fully saturated rings. The molecule has 2 aromatic carbocycles. The topological polar surface area (TPSA) is 45.7 Å². The molecule has 0 bridgehead atoms. The number of aryl methyl sites for hydroxylation is 1. The lowest BCUT2D eigenvalue weighted by Crippen LogP contribution is -2.46. The van der Waals surface area contributed by atoms with E-state index in [1.54, 1.807) is 4.90 Å². The molecule has 6 heteroatoms. The van der Waals surface area contributed by atoms with Crippen molar-refractivity contribution in [2.45, 2.75) is 20.0 Å². The molecule has 0 N–H and O–H groups in total. The molecule has 1 atom stereocenters. The van der Waals surface area contributed by atoms with E-state index in [0.717, 1.165) is 40.8 Å². The van der Waals surface area contributed by atoms with Crippen molar-refractivity contribution in [1.29, 1.82) is 0 Å². The van der Waals surface area contributed by atoms with Crippen LogP contribution in [-0.2, 0) is 0 Å². The normalized spacial score (nSPS) is 15.6. The summed E-state index contributed by atoms with van der Waals surface area (Å²) in [6.07, 6.45) is -0.0759. The summed E-state index contributed by atoms with van der Waals surface area (Å²) in [6.45, 7) is 6.27. The summed E-state index contributed by atoms with van der Waals surface area (Å²) >= 11 is 1.45. The molecule has 29 heavy (non-hydrogen) atoms. The van der Waals surface area contributed by atoms with E-state index < -0.39 is 0 Å². The highest BCUT2D eigenvalue weighted by molar-refractivity contribution is 7.14. The molecule has 1 unspecified atom stereocenters. The van der Waals surface area contributed by atoms with E-state index in [0.29, 0.717) is 11.4 Å². The summed E-state index contributed by atoms with van der Waals surface area (Å²) in [4.78, 5) is 22.6. The Labute approximate surface area is 175 Å². The maximum absolute atomic E-state index is 13.2. The van der Waals surface area contributed by atoms with Crippen LogP contribution in [0.2, 0.25) is 0 Å². The maximum Gasteiger partial charge on any atom is 0.266 e. The van der Waals surface area contributed by atoms with Gasteiger partial charge < -0.3 is 14.5 Å². The minimum Gasteiger partial charge on any atom is -0.485 e. The van der Waals surface area contributed by atoms with Crippen molar-refractivity contribution in [3.8, 4) is 17.0 Å². The Bertz CT molecular complexity index is 1000. The molecule has 1 aromatic heterocycles. The van der Waals surface area contributed by atoms with Crippen molar-refractivity contribution >= 4 is 22.9 Å². The summed E-state index contributed by atoms with van der Waals surface area (Å²) in [5.41, 5.74) is 2.84. The maximum atomic E-state index is 13.2. The highest BCUT2D eigenvalue weighted by Gasteiger charge is 2.28. The Hall–Kier alpha value is -2.86. The molecule has 1 aliphatic heterocycles. The van der Waals surface area contributed by atoms with Crippen LogP contribution in [0.25, 0.3) is 11.3 Å². The van der Waals surface area contributed by atoms with E-state index in [1.807, 2.05) is 62.5 Å². The first-order chi connectivity index (χ1) is 14.1. The zero-order valence-electron chi connectivity index (χ0n) is 17.0. The number of amides is 1. The van der Waals surface area contributed by atoms with Gasteiger partial charge in [-0.15, -0.1) is 11.3 Å². The zero-order valence-corrected chi connectivity index (χ0v) is 17.8. The van der Waals surface area contributed by atoms with E-state index >= 15 is 0 Å². The molecule has 0 aliphatic carbocycles. The van der Waals surface area contributed by atoms with Gasteiger partial charge in [0.2, 0.25) is 0 Å². The molecule has 4 rings (SSSR count). The van der Waals surface area contributed by atoms with Gasteiger partial charge in [0.05, 0.1) is 29.5 Å². The van der Waals surface area contributed by atoms with Crippen molar-refractivity contribution in [2.75, 3.05) is 31.6 Å². The lowest BCUT2D eigenvalue weighted by Gasteiger charge is -2.37. The third-order valence-electron chi connectivity index (χ3n) is 5.11. The van der Waals surface area contributed by atoms with Crippen LogP contribution >= 0.6 is 11.3 Å². The molecule has 0 saturated carbocycles. The number of aromatic nitrogens is 1. The van der Waals surface area contributed by atoms with E-state index in [1.165, 1.54) is 11.3 Å². The van der Waals surface area contributed by atoms with Gasteiger partial charge >= 0.3 is 0 Å². The second-order valence-corrected chi connectivity index (χ2v) is 8.41. The lowest BCUT2D eigenvalue weighted by molar-refractivity contribution is 0.0714. The van der Waals surface area contributed by atoms with Gasteiger partial charge in [0.15, 0.2) is 0 Å². The molecule has 150 valence electrons. The van der Waals surface area contributed by atoms with Crippen molar-refractivity contribution in [3.05, 3.63) is 64.5 Å². The number of rotatable bonds is 5. The Morgan fingerprint density at radius 3 is 2.69 bits per heavy atom. The number of hydrogen-bond donors (Lipinski definition) is 0. The number of nitrogens with zero attached hydrogens (tertiary/aromatic N) is 3. The molecule has 0 spiro atoms. The van der Waals surface area contributed by atoms with Crippen LogP contribution in [0, 0.1) is 6.92 Å². The highest BCUT2D eigenvalue weighted by atomic mass is 32.1. The number of benzene rings is 2. The van der Waals surface area contributed by atoms with E-state index in [9.17, 15) is 4.79 Å². The van der Waals surface area contributed by atoms with Gasteiger partial charge in [-0.3, -0.25) is 4.79 Å². The first-order valence-corrected chi connectivity index (χ1v) is 10.7. The molecular formula is C23H25N3O2S. The Morgan fingerprint density at radius 2 is 1.93 bits per heavy atom. The Balaban J connectivity index is 1.53. The number of ether oxygens (including phenoxy) is 1. The summed E-state index contributed by atoms with van der Waals surface area (Å²) in [7, 11) is 1.84. The fraction of sp³-hybridized carbons (Fsp3) is 0.304. The van der Waals surface area contributed by atoms with Crippen LogP contribution in [0.4, 0.5) is 5.69 Å². The Morgan fingerprint density at radius 1 is 1.21 bits per heavy atom. The largest absolute Gasteiger partial charge is 0.485 e. The number of carbonyl (C=O) groups is 1. The summed E-state index contributed by atoms with van der Waals surface area (Å²) in [5, 5.41) is 0.889. The van der Waals surface area contributed by atoms with Crippen LogP contribution in [0.5, 0.6) is 5.75 Å². The number of hydrogen-bond acceptors (Lipinski definition) is 5. The van der Waals surface area contributed by atoms with Crippen molar-refractivity contribution in [2.24, 2.45) is 0 Å². The van der Waals surface area contributed by atoms with Crippen molar-refractivity contribution in [3.63, 3.8) is 0 Å². The fourth-order valence-electron chi connectivity index (χ4n) is 3.70. The summed E-state index contributed by atoms with van der Waals surface area (Å²) < 4.78 is 6.19. The molecule has 0 radical (unpaired) electrons. The number of fused-ring (bicyclic) bond motifs is 1.